The van der Waals surface area contributed by atoms with Crippen molar-refractivity contribution in [3.8, 4) is 40.6 Å². The van der Waals surface area contributed by atoms with Gasteiger partial charge >= 0.3 is 0 Å². The molecule has 1 amide bonds. The van der Waals surface area contributed by atoms with Crippen LogP contribution in [0.4, 0.5) is 0 Å². The van der Waals surface area contributed by atoms with Crippen LogP contribution in [0.15, 0.2) is 29.1 Å². The molecule has 0 saturated carbocycles. The number of hydrogen-bond donors (Lipinski definition) is 4. The third kappa shape index (κ3) is 5.03. The minimum Gasteiger partial charge on any atom is -0.504 e. The van der Waals surface area contributed by atoms with Gasteiger partial charge in [-0.3, -0.25) is 19.4 Å². The highest BCUT2D eigenvalue weighted by Crippen LogP contribution is 2.58. The fourth-order valence-corrected chi connectivity index (χ4v) is 9.21. The van der Waals surface area contributed by atoms with Crippen LogP contribution in [0.3, 0.4) is 0 Å². The lowest BCUT2D eigenvalue weighted by atomic mass is 9.71. The summed E-state index contributed by atoms with van der Waals surface area (Å²) in [6, 6.07) is 5.78. The van der Waals surface area contributed by atoms with E-state index < -0.39 is 30.1 Å². The molecule has 272 valence electrons. The van der Waals surface area contributed by atoms with E-state index in [2.05, 4.69) is 21.3 Å². The number of ether oxygens (including phenoxy) is 4. The van der Waals surface area contributed by atoms with Gasteiger partial charge in [0.1, 0.15) is 23.2 Å². The van der Waals surface area contributed by atoms with Crippen LogP contribution in [0.25, 0.3) is 10.9 Å². The van der Waals surface area contributed by atoms with E-state index in [4.69, 9.17) is 30.5 Å². The average Bonchev–Trinajstić information content (AvgIpc) is 3.11. The molecule has 1 aromatic heterocycles. The minimum absolute atomic E-state index is 0.000577. The molecule has 1 fully saturated rings. The number of aromatic amines is 1. The van der Waals surface area contributed by atoms with Crippen LogP contribution in [0.2, 0.25) is 5.02 Å². The summed E-state index contributed by atoms with van der Waals surface area (Å²) in [6.45, 7) is 3.56. The Morgan fingerprint density at radius 2 is 1.52 bits per heavy atom. The van der Waals surface area contributed by atoms with Gasteiger partial charge < -0.3 is 39.5 Å². The highest BCUT2D eigenvalue weighted by molar-refractivity contribution is 6.31. The number of carbonyl (C=O) groups is 1. The molecule has 2 bridgehead atoms. The first-order valence-electron chi connectivity index (χ1n) is 16.8. The number of fused-ring (bicyclic) bond motifs is 8. The third-order valence-electron chi connectivity index (χ3n) is 11.2. The molecule has 7 rings (SSSR count). The monoisotopic (exact) mass is 729 g/mol. The van der Waals surface area contributed by atoms with E-state index in [0.717, 1.165) is 5.56 Å². The molecule has 0 unspecified atom stereocenters. The first-order valence-corrected chi connectivity index (χ1v) is 17.2. The van der Waals surface area contributed by atoms with Crippen molar-refractivity contribution in [2.24, 2.45) is 0 Å². The molecule has 3 aliphatic rings. The molecule has 0 aliphatic carbocycles. The molecule has 4 heterocycles. The predicted molar refractivity (Wildman–Crippen MR) is 193 cm³/mol. The number of nitriles is 1. The van der Waals surface area contributed by atoms with E-state index in [9.17, 15) is 25.1 Å². The molecule has 52 heavy (non-hydrogen) atoms. The van der Waals surface area contributed by atoms with Crippen molar-refractivity contribution < 1.29 is 34.0 Å². The van der Waals surface area contributed by atoms with Gasteiger partial charge in [0.2, 0.25) is 0 Å². The zero-order valence-electron chi connectivity index (χ0n) is 29.9. The van der Waals surface area contributed by atoms with Crippen molar-refractivity contribution in [1.29, 1.82) is 5.26 Å². The Morgan fingerprint density at radius 3 is 2.12 bits per heavy atom. The quantitative estimate of drug-likeness (QED) is 0.212. The molecule has 3 aromatic carbocycles. The number of phenols is 2. The number of amides is 1. The van der Waals surface area contributed by atoms with E-state index in [0.29, 0.717) is 73.8 Å². The Morgan fingerprint density at radius 1 is 0.942 bits per heavy atom. The second kappa shape index (κ2) is 13.1. The lowest BCUT2D eigenvalue weighted by Gasteiger charge is -2.60. The number of nitrogens with zero attached hydrogens (tertiary/aromatic N) is 3. The maximum atomic E-state index is 13.8. The molecule has 5 atom stereocenters. The number of H-pyrrole nitrogens is 1. The van der Waals surface area contributed by atoms with E-state index in [1.807, 2.05) is 18.9 Å². The summed E-state index contributed by atoms with van der Waals surface area (Å²) in [5.41, 5.74) is 3.97. The van der Waals surface area contributed by atoms with Crippen molar-refractivity contribution in [3.05, 3.63) is 78.6 Å². The number of rotatable bonds is 7. The SMILES string of the molecule is COc1c(C)c(OC)c2c(c1O)[C@@H]1[C@@H]3Cc4c(OC)c(C)c(OC)c(O)c4[C@H](CNC(=O)c4cc(=O)c5cc(Cl)ccc5[nH]4)N3[C@@H](C#N)[C@H](C2)N1C. The minimum atomic E-state index is -0.770. The standard InChI is InChI=1S/C38H40ClN5O8/c1-16-34(49-4)20-12-25-31-30-21(35(50-5)17(2)37(52-7)33(30)47)11-24(43(31)3)26(14-40)44(25)27(29(20)32(46)36(16)51-6)15-41-38(48)23-13-28(45)19-10-18(39)8-9-22(19)42-23/h8-10,13,24-27,31,46-47H,11-12,15H2,1-7H3,(H,41,48)(H,42,45)/t24-,25-,26-,27-,31-/m0/s1. The highest BCUT2D eigenvalue weighted by Gasteiger charge is 2.57. The zero-order valence-corrected chi connectivity index (χ0v) is 30.6. The summed E-state index contributed by atoms with van der Waals surface area (Å²) in [4.78, 5) is 34.0. The zero-order chi connectivity index (χ0) is 37.3. The van der Waals surface area contributed by atoms with Crippen LogP contribution in [-0.4, -0.2) is 91.1 Å². The maximum Gasteiger partial charge on any atom is 0.267 e. The summed E-state index contributed by atoms with van der Waals surface area (Å²) in [7, 11) is 8.03. The second-order valence-electron chi connectivity index (χ2n) is 13.5. The van der Waals surface area contributed by atoms with Crippen LogP contribution < -0.4 is 29.7 Å². The van der Waals surface area contributed by atoms with Gasteiger partial charge in [0.15, 0.2) is 28.4 Å². The smallest absolute Gasteiger partial charge is 0.267 e. The predicted octanol–water partition coefficient (Wildman–Crippen LogP) is 4.45. The van der Waals surface area contributed by atoms with Gasteiger partial charge in [-0.25, -0.2) is 0 Å². The van der Waals surface area contributed by atoms with Gasteiger partial charge in [0, 0.05) is 74.0 Å². The largest absolute Gasteiger partial charge is 0.504 e. The fourth-order valence-electron chi connectivity index (χ4n) is 9.04. The summed E-state index contributed by atoms with van der Waals surface area (Å²) < 4.78 is 23.3. The molecule has 0 radical (unpaired) electrons. The van der Waals surface area contributed by atoms with Gasteiger partial charge in [-0.05, 0) is 51.9 Å². The van der Waals surface area contributed by atoms with Gasteiger partial charge in [0.05, 0.1) is 46.6 Å². The number of halogens is 1. The molecule has 3 aliphatic heterocycles. The number of carbonyl (C=O) groups excluding carboxylic acids is 1. The van der Waals surface area contributed by atoms with Crippen LogP contribution in [-0.2, 0) is 12.8 Å². The number of nitrogens with one attached hydrogen (secondary N) is 2. The number of likely N-dealkylation sites (N-methyl/N-ethyl adjacent to an activating group) is 1. The Hall–Kier alpha value is -5.16. The normalized spacial score (nSPS) is 22.1. The third-order valence-corrected chi connectivity index (χ3v) is 11.4. The molecule has 0 spiro atoms. The van der Waals surface area contributed by atoms with Crippen molar-refractivity contribution in [1.82, 2.24) is 20.1 Å². The first-order chi connectivity index (χ1) is 24.9. The number of methoxy groups -OCH3 is 4. The number of aromatic hydroxyl groups is 2. The highest BCUT2D eigenvalue weighted by atomic mass is 35.5. The molecule has 4 aromatic rings. The van der Waals surface area contributed by atoms with Gasteiger partial charge in [-0.1, -0.05) is 11.6 Å². The summed E-state index contributed by atoms with van der Waals surface area (Å²) in [5, 5.41) is 38.4. The van der Waals surface area contributed by atoms with E-state index in [1.54, 1.807) is 33.3 Å². The number of phenolic OH excluding ortho intramolecular Hbond substituents is 2. The molecule has 4 N–H and O–H groups in total. The van der Waals surface area contributed by atoms with Crippen molar-refractivity contribution >= 4 is 28.4 Å². The number of piperazine rings is 1. The van der Waals surface area contributed by atoms with Crippen LogP contribution >= 0.6 is 11.6 Å². The average molecular weight is 730 g/mol. The number of hydrogen-bond acceptors (Lipinski definition) is 11. The summed E-state index contributed by atoms with van der Waals surface area (Å²) in [6.07, 6.45) is 0.700. The Balaban J connectivity index is 1.41. The summed E-state index contributed by atoms with van der Waals surface area (Å²) >= 11 is 6.11. The first kappa shape index (κ1) is 35.3. The van der Waals surface area contributed by atoms with E-state index in [1.165, 1.54) is 26.4 Å². The maximum absolute atomic E-state index is 13.8. The van der Waals surface area contributed by atoms with Gasteiger partial charge in [-0.2, -0.15) is 5.26 Å². The number of aromatic nitrogens is 1. The van der Waals surface area contributed by atoms with Crippen LogP contribution in [0.1, 0.15) is 56.0 Å². The van der Waals surface area contributed by atoms with Gasteiger partial charge in [0.25, 0.3) is 5.91 Å². The lowest BCUT2D eigenvalue weighted by molar-refractivity contribution is -0.0724. The number of benzene rings is 3. The van der Waals surface area contributed by atoms with Crippen LogP contribution in [0.5, 0.6) is 34.5 Å². The Labute approximate surface area is 305 Å². The molecule has 13 nitrogen and oxygen atoms in total. The molecular formula is C38H40ClN5O8. The molecular weight excluding hydrogens is 690 g/mol. The Bertz CT molecular complexity index is 2250. The van der Waals surface area contributed by atoms with Crippen molar-refractivity contribution in [2.45, 2.75) is 56.9 Å². The molecule has 1 saturated heterocycles. The van der Waals surface area contributed by atoms with E-state index in [-0.39, 0.29) is 41.0 Å². The Kier molecular flexibility index (Phi) is 8.89. The fraction of sp³-hybridized carbons (Fsp3) is 0.395. The van der Waals surface area contributed by atoms with Crippen molar-refractivity contribution in [3.63, 3.8) is 0 Å². The van der Waals surface area contributed by atoms with Gasteiger partial charge in [-0.15, -0.1) is 0 Å². The van der Waals surface area contributed by atoms with Crippen LogP contribution in [0, 0.1) is 25.2 Å². The second-order valence-corrected chi connectivity index (χ2v) is 13.9. The number of pyridine rings is 1. The summed E-state index contributed by atoms with van der Waals surface area (Å²) in [5.74, 6) is 0.958. The topological polar surface area (TPSA) is 170 Å². The van der Waals surface area contributed by atoms with Crippen molar-refractivity contribution in [2.75, 3.05) is 42.0 Å². The molecule has 14 heteroatoms. The lowest BCUT2D eigenvalue weighted by Crippen LogP contribution is -2.68. The van der Waals surface area contributed by atoms with E-state index >= 15 is 0 Å².